The first-order chi connectivity index (χ1) is 14.3. The summed E-state index contributed by atoms with van der Waals surface area (Å²) in [6, 6.07) is 12.9. The van der Waals surface area contributed by atoms with E-state index in [1.165, 1.54) is 0 Å². The molecule has 0 aliphatic carbocycles. The molecular formula is C22H22N4O4. The van der Waals surface area contributed by atoms with Crippen molar-refractivity contribution >= 4 is 34.7 Å². The van der Waals surface area contributed by atoms with Crippen LogP contribution in [0.1, 0.15) is 17.5 Å². The summed E-state index contributed by atoms with van der Waals surface area (Å²) in [6.45, 7) is 0. The number of hydrogen-bond donors (Lipinski definition) is 4. The molecule has 1 aliphatic rings. The lowest BCUT2D eigenvalue weighted by molar-refractivity contribution is -0.139. The minimum Gasteiger partial charge on any atom is -0.480 e. The van der Waals surface area contributed by atoms with Gasteiger partial charge in [-0.2, -0.15) is 0 Å². The molecule has 1 aromatic heterocycles. The van der Waals surface area contributed by atoms with E-state index >= 15 is 0 Å². The molecule has 2 aromatic carbocycles. The molecule has 0 amide bonds. The van der Waals surface area contributed by atoms with Gasteiger partial charge in [-0.3, -0.25) is 14.6 Å². The summed E-state index contributed by atoms with van der Waals surface area (Å²) in [5, 5.41) is 19.6. The van der Waals surface area contributed by atoms with Gasteiger partial charge in [0.15, 0.2) is 0 Å². The molecule has 3 atom stereocenters. The average Bonchev–Trinajstić information content (AvgIpc) is 3.28. The largest absolute Gasteiger partial charge is 0.480 e. The number of aliphatic imine (C=N–C) groups is 1. The van der Waals surface area contributed by atoms with E-state index in [2.05, 4.69) is 4.99 Å². The molecule has 3 aromatic rings. The standard InChI is InChI=1S/C22H22N4O4/c23-16(20(27)28)9-13-11-26(19-8-4-1-5-14(13)19)22(10-17(24)21(29)30)12-25-18-7-3-2-6-15(18)22/h1-8,11-12,16-17H,9-10,23-24H2,(H,27,28)(H,29,30)/t16-,17-,22?/m0/s1. The van der Waals surface area contributed by atoms with Crippen molar-refractivity contribution in [2.24, 2.45) is 16.5 Å². The van der Waals surface area contributed by atoms with Crippen LogP contribution in [-0.4, -0.2) is 45.0 Å². The van der Waals surface area contributed by atoms with E-state index < -0.39 is 29.6 Å². The van der Waals surface area contributed by atoms with Crippen LogP contribution in [0, 0.1) is 0 Å². The van der Waals surface area contributed by atoms with E-state index in [-0.39, 0.29) is 12.8 Å². The number of nitrogens with two attached hydrogens (primary N) is 2. The smallest absolute Gasteiger partial charge is 0.320 e. The summed E-state index contributed by atoms with van der Waals surface area (Å²) in [6.07, 6.45) is 3.80. The van der Waals surface area contributed by atoms with Crippen LogP contribution in [-0.2, 0) is 21.5 Å². The van der Waals surface area contributed by atoms with Gasteiger partial charge in [0, 0.05) is 41.7 Å². The minimum absolute atomic E-state index is 0.0892. The number of para-hydroxylation sites is 2. The summed E-state index contributed by atoms with van der Waals surface area (Å²) in [4.78, 5) is 27.5. The van der Waals surface area contributed by atoms with Crippen molar-refractivity contribution in [1.29, 1.82) is 0 Å². The second-order valence-corrected chi connectivity index (χ2v) is 7.54. The van der Waals surface area contributed by atoms with E-state index in [9.17, 15) is 19.8 Å². The zero-order valence-corrected chi connectivity index (χ0v) is 16.1. The van der Waals surface area contributed by atoms with Gasteiger partial charge in [-0.15, -0.1) is 0 Å². The molecule has 4 rings (SSSR count). The molecule has 8 nitrogen and oxygen atoms in total. The molecule has 30 heavy (non-hydrogen) atoms. The highest BCUT2D eigenvalue weighted by Crippen LogP contribution is 2.43. The molecule has 1 unspecified atom stereocenters. The minimum atomic E-state index is -1.12. The van der Waals surface area contributed by atoms with Crippen LogP contribution in [0.2, 0.25) is 0 Å². The monoisotopic (exact) mass is 406 g/mol. The van der Waals surface area contributed by atoms with E-state index in [1.807, 2.05) is 59.3 Å². The highest BCUT2D eigenvalue weighted by molar-refractivity contribution is 5.92. The van der Waals surface area contributed by atoms with E-state index in [1.54, 1.807) is 6.21 Å². The van der Waals surface area contributed by atoms with E-state index in [0.29, 0.717) is 0 Å². The summed E-state index contributed by atoms with van der Waals surface area (Å²) < 4.78 is 1.95. The molecule has 2 heterocycles. The molecule has 154 valence electrons. The molecule has 0 saturated carbocycles. The summed E-state index contributed by atoms with van der Waals surface area (Å²) in [5.41, 5.74) is 14.0. The highest BCUT2D eigenvalue weighted by Gasteiger charge is 2.42. The topological polar surface area (TPSA) is 144 Å². The average molecular weight is 406 g/mol. The Bertz CT molecular complexity index is 1170. The number of rotatable bonds is 7. The molecule has 0 saturated heterocycles. The van der Waals surface area contributed by atoms with Crippen molar-refractivity contribution < 1.29 is 19.8 Å². The molecule has 6 N–H and O–H groups in total. The van der Waals surface area contributed by atoms with Crippen LogP contribution >= 0.6 is 0 Å². The maximum absolute atomic E-state index is 11.6. The first-order valence-electron chi connectivity index (χ1n) is 9.54. The predicted octanol–water partition coefficient (Wildman–Crippen LogP) is 1.86. The zero-order valence-electron chi connectivity index (χ0n) is 16.1. The van der Waals surface area contributed by atoms with Crippen LogP contribution in [0.25, 0.3) is 10.9 Å². The fraction of sp³-hybridized carbons (Fsp3) is 0.227. The van der Waals surface area contributed by atoms with Gasteiger partial charge in [0.05, 0.1) is 5.69 Å². The number of fused-ring (bicyclic) bond motifs is 2. The Hall–Kier alpha value is -3.49. The summed E-state index contributed by atoms with van der Waals surface area (Å²) in [7, 11) is 0. The third-order valence-electron chi connectivity index (χ3n) is 5.62. The lowest BCUT2D eigenvalue weighted by Crippen LogP contribution is -2.44. The van der Waals surface area contributed by atoms with Crippen LogP contribution < -0.4 is 11.5 Å². The number of carboxylic acids is 2. The maximum atomic E-state index is 11.6. The zero-order chi connectivity index (χ0) is 21.5. The Balaban J connectivity index is 1.94. The van der Waals surface area contributed by atoms with Crippen molar-refractivity contribution in [3.63, 3.8) is 0 Å². The Kier molecular flexibility index (Phi) is 4.89. The Morgan fingerprint density at radius 3 is 2.40 bits per heavy atom. The second kappa shape index (κ2) is 7.40. The Labute approximate surface area is 172 Å². The molecule has 0 radical (unpaired) electrons. The van der Waals surface area contributed by atoms with Gasteiger partial charge < -0.3 is 26.2 Å². The Morgan fingerprint density at radius 1 is 1.00 bits per heavy atom. The van der Waals surface area contributed by atoms with Crippen molar-refractivity contribution in [2.45, 2.75) is 30.5 Å². The van der Waals surface area contributed by atoms with Gasteiger partial charge in [0.1, 0.15) is 17.6 Å². The molecular weight excluding hydrogens is 384 g/mol. The van der Waals surface area contributed by atoms with Crippen molar-refractivity contribution in [3.05, 3.63) is 65.9 Å². The van der Waals surface area contributed by atoms with E-state index in [0.717, 1.165) is 27.7 Å². The van der Waals surface area contributed by atoms with Crippen LogP contribution in [0.3, 0.4) is 0 Å². The third kappa shape index (κ3) is 3.16. The van der Waals surface area contributed by atoms with Gasteiger partial charge in [0.2, 0.25) is 0 Å². The number of aliphatic carboxylic acids is 2. The number of aromatic nitrogens is 1. The first-order valence-corrected chi connectivity index (χ1v) is 9.54. The number of nitrogens with zero attached hydrogens (tertiary/aromatic N) is 2. The predicted molar refractivity (Wildman–Crippen MR) is 113 cm³/mol. The SMILES string of the molecule is N[C@@H](Cc1cn(C2(C[C@H](N)C(=O)O)C=Nc3ccccc32)c2ccccc12)C(=O)O. The van der Waals surface area contributed by atoms with Crippen molar-refractivity contribution in [3.8, 4) is 0 Å². The fourth-order valence-electron chi connectivity index (χ4n) is 4.14. The second-order valence-electron chi connectivity index (χ2n) is 7.54. The fourth-order valence-corrected chi connectivity index (χ4v) is 4.14. The van der Waals surface area contributed by atoms with Gasteiger partial charge in [-0.25, -0.2) is 0 Å². The quantitative estimate of drug-likeness (QED) is 0.471. The molecule has 0 spiro atoms. The van der Waals surface area contributed by atoms with E-state index in [4.69, 9.17) is 11.5 Å². The van der Waals surface area contributed by atoms with Crippen LogP contribution in [0.4, 0.5) is 5.69 Å². The van der Waals surface area contributed by atoms with Gasteiger partial charge >= 0.3 is 11.9 Å². The van der Waals surface area contributed by atoms with Gasteiger partial charge in [-0.1, -0.05) is 36.4 Å². The number of carbonyl (C=O) groups is 2. The molecule has 0 bridgehead atoms. The van der Waals surface area contributed by atoms with Crippen molar-refractivity contribution in [2.75, 3.05) is 0 Å². The lowest BCUT2D eigenvalue weighted by Gasteiger charge is -2.32. The molecule has 0 fully saturated rings. The third-order valence-corrected chi connectivity index (χ3v) is 5.62. The van der Waals surface area contributed by atoms with Gasteiger partial charge in [-0.05, 0) is 17.7 Å². The number of benzene rings is 2. The summed E-state index contributed by atoms with van der Waals surface area (Å²) in [5.74, 6) is -2.18. The van der Waals surface area contributed by atoms with Crippen LogP contribution in [0.15, 0.2) is 59.7 Å². The normalized spacial score (nSPS) is 19.5. The van der Waals surface area contributed by atoms with Crippen LogP contribution in [0.5, 0.6) is 0 Å². The van der Waals surface area contributed by atoms with Gasteiger partial charge in [0.25, 0.3) is 0 Å². The number of carboxylic acid groups (broad SMARTS) is 2. The highest BCUT2D eigenvalue weighted by atomic mass is 16.4. The lowest BCUT2D eigenvalue weighted by atomic mass is 9.85. The molecule has 1 aliphatic heterocycles. The maximum Gasteiger partial charge on any atom is 0.320 e. The molecule has 8 heteroatoms. The Morgan fingerprint density at radius 2 is 1.67 bits per heavy atom. The number of hydrogen-bond acceptors (Lipinski definition) is 5. The van der Waals surface area contributed by atoms with Crippen molar-refractivity contribution in [1.82, 2.24) is 4.57 Å². The summed E-state index contributed by atoms with van der Waals surface area (Å²) >= 11 is 0. The first kappa shape index (κ1) is 19.8.